The number of rotatable bonds is 4. The van der Waals surface area contributed by atoms with Crippen molar-refractivity contribution >= 4 is 33.8 Å². The van der Waals surface area contributed by atoms with Gasteiger partial charge in [-0.25, -0.2) is 4.98 Å². The minimum absolute atomic E-state index is 0.488. The van der Waals surface area contributed by atoms with Gasteiger partial charge >= 0.3 is 0 Å². The molecule has 1 aliphatic heterocycles. The second-order valence-electron chi connectivity index (χ2n) is 4.93. The molecule has 0 N–H and O–H groups in total. The van der Waals surface area contributed by atoms with Crippen molar-refractivity contribution in [3.63, 3.8) is 0 Å². The monoisotopic (exact) mass is 323 g/mol. The summed E-state index contributed by atoms with van der Waals surface area (Å²) in [5, 5.41) is 3.12. The molecule has 0 unspecified atom stereocenters. The Bertz CT molecular complexity index is 579. The molecule has 112 valence electrons. The molecule has 0 saturated carbocycles. The molecule has 1 saturated heterocycles. The maximum Gasteiger partial charge on any atom is 0.185 e. The quantitative estimate of drug-likeness (QED) is 0.808. The highest BCUT2D eigenvalue weighted by atomic mass is 35.5. The number of nitrogens with zero attached hydrogens (tertiary/aromatic N) is 3. The van der Waals surface area contributed by atoms with Gasteiger partial charge in [0, 0.05) is 37.2 Å². The SMILES string of the molecule is COc1ccc(N2CCN(c3nc(CCl)cs3)CC2)cc1. The molecule has 0 atom stereocenters. The van der Waals surface area contributed by atoms with Gasteiger partial charge in [0.1, 0.15) is 5.75 Å². The lowest BCUT2D eigenvalue weighted by molar-refractivity contribution is 0.415. The molecule has 3 rings (SSSR count). The highest BCUT2D eigenvalue weighted by molar-refractivity contribution is 7.13. The Morgan fingerprint density at radius 1 is 1.14 bits per heavy atom. The zero-order valence-electron chi connectivity index (χ0n) is 12.0. The first-order valence-corrected chi connectivity index (χ1v) is 8.36. The van der Waals surface area contributed by atoms with E-state index in [0.717, 1.165) is 42.8 Å². The van der Waals surface area contributed by atoms with Gasteiger partial charge in [0.05, 0.1) is 18.7 Å². The molecule has 1 aromatic heterocycles. The van der Waals surface area contributed by atoms with Gasteiger partial charge in [-0.15, -0.1) is 22.9 Å². The van der Waals surface area contributed by atoms with Gasteiger partial charge in [-0.05, 0) is 24.3 Å². The topological polar surface area (TPSA) is 28.6 Å². The van der Waals surface area contributed by atoms with Crippen LogP contribution in [0.15, 0.2) is 29.6 Å². The number of alkyl halides is 1. The molecule has 4 nitrogen and oxygen atoms in total. The number of halogens is 1. The van der Waals surface area contributed by atoms with E-state index in [1.54, 1.807) is 18.4 Å². The average Bonchev–Trinajstić information content (AvgIpc) is 3.04. The third-order valence-corrected chi connectivity index (χ3v) is 4.89. The van der Waals surface area contributed by atoms with Gasteiger partial charge < -0.3 is 14.5 Å². The van der Waals surface area contributed by atoms with Gasteiger partial charge in [0.2, 0.25) is 0 Å². The summed E-state index contributed by atoms with van der Waals surface area (Å²) < 4.78 is 5.20. The molecule has 6 heteroatoms. The molecule has 0 spiro atoms. The highest BCUT2D eigenvalue weighted by Gasteiger charge is 2.19. The number of ether oxygens (including phenoxy) is 1. The van der Waals surface area contributed by atoms with Crippen LogP contribution in [0.2, 0.25) is 0 Å². The Labute approximate surface area is 133 Å². The fourth-order valence-corrected chi connectivity index (χ4v) is 3.56. The van der Waals surface area contributed by atoms with Gasteiger partial charge in [0.15, 0.2) is 5.13 Å². The maximum atomic E-state index is 5.81. The maximum absolute atomic E-state index is 5.81. The van der Waals surface area contributed by atoms with Crippen molar-refractivity contribution < 1.29 is 4.74 Å². The number of hydrogen-bond donors (Lipinski definition) is 0. The Morgan fingerprint density at radius 3 is 2.38 bits per heavy atom. The summed E-state index contributed by atoms with van der Waals surface area (Å²) in [5.41, 5.74) is 2.21. The average molecular weight is 324 g/mol. The van der Waals surface area contributed by atoms with Crippen LogP contribution < -0.4 is 14.5 Å². The molecular weight excluding hydrogens is 306 g/mol. The molecule has 0 radical (unpaired) electrons. The standard InChI is InChI=1S/C15H18ClN3OS/c1-20-14-4-2-13(3-5-14)18-6-8-19(9-7-18)15-17-12(10-16)11-21-15/h2-5,11H,6-10H2,1H3. The summed E-state index contributed by atoms with van der Waals surface area (Å²) in [7, 11) is 1.69. The first-order valence-electron chi connectivity index (χ1n) is 6.94. The molecule has 0 amide bonds. The summed E-state index contributed by atoms with van der Waals surface area (Å²) >= 11 is 7.49. The Kier molecular flexibility index (Phi) is 4.51. The number of thiazole rings is 1. The van der Waals surface area contributed by atoms with Crippen LogP contribution in [0.1, 0.15) is 5.69 Å². The van der Waals surface area contributed by atoms with Gasteiger partial charge in [0.25, 0.3) is 0 Å². The summed E-state index contributed by atoms with van der Waals surface area (Å²) in [6.07, 6.45) is 0. The molecule has 0 bridgehead atoms. The summed E-state index contributed by atoms with van der Waals surface area (Å²) in [6, 6.07) is 8.25. The molecular formula is C15H18ClN3OS. The normalized spacial score (nSPS) is 15.3. The number of aromatic nitrogens is 1. The zero-order valence-corrected chi connectivity index (χ0v) is 13.5. The van der Waals surface area contributed by atoms with Crippen LogP contribution in [0.3, 0.4) is 0 Å². The van der Waals surface area contributed by atoms with Crippen molar-refractivity contribution in [2.24, 2.45) is 0 Å². The van der Waals surface area contributed by atoms with Crippen LogP contribution in [0.4, 0.5) is 10.8 Å². The van der Waals surface area contributed by atoms with Gasteiger partial charge in [-0.1, -0.05) is 0 Å². The van der Waals surface area contributed by atoms with Crippen molar-refractivity contribution in [3.8, 4) is 5.75 Å². The number of methoxy groups -OCH3 is 1. The molecule has 0 aliphatic carbocycles. The van der Waals surface area contributed by atoms with E-state index in [2.05, 4.69) is 26.9 Å². The molecule has 1 fully saturated rings. The van der Waals surface area contributed by atoms with E-state index in [4.69, 9.17) is 16.3 Å². The molecule has 2 heterocycles. The van der Waals surface area contributed by atoms with Crippen LogP contribution in [0.5, 0.6) is 5.75 Å². The van der Waals surface area contributed by atoms with E-state index in [1.165, 1.54) is 5.69 Å². The first-order chi connectivity index (χ1) is 10.3. The number of benzene rings is 1. The molecule has 1 aliphatic rings. The lowest BCUT2D eigenvalue weighted by atomic mass is 10.2. The van der Waals surface area contributed by atoms with Crippen molar-refractivity contribution in [1.29, 1.82) is 0 Å². The van der Waals surface area contributed by atoms with Crippen LogP contribution in [-0.2, 0) is 5.88 Å². The predicted molar refractivity (Wildman–Crippen MR) is 89.1 cm³/mol. The summed E-state index contributed by atoms with van der Waals surface area (Å²) in [4.78, 5) is 9.28. The Balaban J connectivity index is 1.61. The first kappa shape index (κ1) is 14.5. The largest absolute Gasteiger partial charge is 0.497 e. The summed E-state index contributed by atoms with van der Waals surface area (Å²) in [5.74, 6) is 1.39. The highest BCUT2D eigenvalue weighted by Crippen LogP contribution is 2.25. The Morgan fingerprint density at radius 2 is 1.81 bits per heavy atom. The zero-order chi connectivity index (χ0) is 14.7. The van der Waals surface area contributed by atoms with Crippen LogP contribution >= 0.6 is 22.9 Å². The van der Waals surface area contributed by atoms with Crippen molar-refractivity contribution in [2.75, 3.05) is 43.1 Å². The van der Waals surface area contributed by atoms with E-state index in [1.807, 2.05) is 17.5 Å². The smallest absolute Gasteiger partial charge is 0.185 e. The van der Waals surface area contributed by atoms with Gasteiger partial charge in [-0.3, -0.25) is 0 Å². The van der Waals surface area contributed by atoms with E-state index in [0.29, 0.717) is 5.88 Å². The van der Waals surface area contributed by atoms with E-state index in [9.17, 15) is 0 Å². The third-order valence-electron chi connectivity index (χ3n) is 3.66. The lowest BCUT2D eigenvalue weighted by Crippen LogP contribution is -2.46. The van der Waals surface area contributed by atoms with Crippen LogP contribution in [0.25, 0.3) is 0 Å². The number of hydrogen-bond acceptors (Lipinski definition) is 5. The minimum Gasteiger partial charge on any atom is -0.497 e. The van der Waals surface area contributed by atoms with Gasteiger partial charge in [-0.2, -0.15) is 0 Å². The van der Waals surface area contributed by atoms with E-state index >= 15 is 0 Å². The van der Waals surface area contributed by atoms with Crippen molar-refractivity contribution in [1.82, 2.24) is 4.98 Å². The van der Waals surface area contributed by atoms with Crippen LogP contribution in [-0.4, -0.2) is 38.3 Å². The lowest BCUT2D eigenvalue weighted by Gasteiger charge is -2.36. The summed E-state index contributed by atoms with van der Waals surface area (Å²) in [6.45, 7) is 3.98. The number of anilines is 2. The number of piperazine rings is 1. The second kappa shape index (κ2) is 6.54. The Hall–Kier alpha value is -1.46. The fourth-order valence-electron chi connectivity index (χ4n) is 2.45. The third kappa shape index (κ3) is 3.24. The molecule has 1 aromatic carbocycles. The minimum atomic E-state index is 0.488. The molecule has 21 heavy (non-hydrogen) atoms. The van der Waals surface area contributed by atoms with E-state index < -0.39 is 0 Å². The fraction of sp³-hybridized carbons (Fsp3) is 0.400. The molecule has 2 aromatic rings. The van der Waals surface area contributed by atoms with E-state index in [-0.39, 0.29) is 0 Å². The van der Waals surface area contributed by atoms with Crippen LogP contribution in [0, 0.1) is 0 Å². The van der Waals surface area contributed by atoms with Crippen molar-refractivity contribution in [3.05, 3.63) is 35.3 Å². The van der Waals surface area contributed by atoms with Crippen molar-refractivity contribution in [2.45, 2.75) is 5.88 Å². The predicted octanol–water partition coefficient (Wildman–Crippen LogP) is 3.22. The second-order valence-corrected chi connectivity index (χ2v) is 6.03.